The third-order valence-corrected chi connectivity index (χ3v) is 5.90. The summed E-state index contributed by atoms with van der Waals surface area (Å²) in [6, 6.07) is 25.8. The first kappa shape index (κ1) is 32.5. The van der Waals surface area contributed by atoms with Crippen molar-refractivity contribution in [1.29, 1.82) is 0 Å². The lowest BCUT2D eigenvalue weighted by molar-refractivity contribution is 0.0482. The van der Waals surface area contributed by atoms with Crippen LogP contribution in [0.2, 0.25) is 0 Å². The number of ether oxygens (including phenoxy) is 1. The molecule has 0 saturated heterocycles. The van der Waals surface area contributed by atoms with Crippen LogP contribution in [-0.4, -0.2) is 58.8 Å². The zero-order valence-corrected chi connectivity index (χ0v) is 23.9. The lowest BCUT2D eigenvalue weighted by Crippen LogP contribution is -2.42. The van der Waals surface area contributed by atoms with E-state index in [1.807, 2.05) is 60.7 Å². The summed E-state index contributed by atoms with van der Waals surface area (Å²) < 4.78 is 5.15. The number of aliphatic hydroxyl groups is 1. The molecule has 0 radical (unpaired) electrons. The Labute approximate surface area is 241 Å². The van der Waals surface area contributed by atoms with Crippen molar-refractivity contribution in [2.24, 2.45) is 5.73 Å². The Morgan fingerprint density at radius 3 is 1.75 bits per heavy atom. The number of carbonyl (C=O) groups excluding carboxylic acids is 3. The average Bonchev–Trinajstić information content (AvgIpc) is 3.13. The molecule has 3 aromatic rings. The molecule has 40 heavy (non-hydrogen) atoms. The number of alkyl carbamates (subject to hydrolysis) is 1. The molecule has 1 aliphatic heterocycles. The molecule has 0 saturated carbocycles. The number of aliphatic hydroxyl groups excluding tert-OH is 1. The highest BCUT2D eigenvalue weighted by Gasteiger charge is 2.35. The zero-order chi connectivity index (χ0) is 28.4. The highest BCUT2D eigenvalue weighted by atomic mass is 35.5. The molecule has 4 rings (SSSR count). The second-order valence-electron chi connectivity index (χ2n) is 10.4. The minimum absolute atomic E-state index is 0. The molecule has 3 amide bonds. The number of rotatable bonds is 8. The van der Waals surface area contributed by atoms with Crippen molar-refractivity contribution in [3.63, 3.8) is 0 Å². The van der Waals surface area contributed by atoms with Crippen molar-refractivity contribution in [3.8, 4) is 0 Å². The van der Waals surface area contributed by atoms with Gasteiger partial charge in [-0.25, -0.2) is 4.79 Å². The first-order chi connectivity index (χ1) is 18.6. The van der Waals surface area contributed by atoms with E-state index in [0.29, 0.717) is 24.0 Å². The summed E-state index contributed by atoms with van der Waals surface area (Å²) in [5.41, 5.74) is 8.66. The molecule has 214 valence electrons. The zero-order valence-electron chi connectivity index (χ0n) is 23.1. The minimum atomic E-state index is -0.531. The third kappa shape index (κ3) is 9.79. The van der Waals surface area contributed by atoms with Gasteiger partial charge in [0.1, 0.15) is 5.60 Å². The van der Waals surface area contributed by atoms with Crippen LogP contribution in [0.15, 0.2) is 84.9 Å². The number of nitrogens with two attached hydrogens (primary N) is 1. The summed E-state index contributed by atoms with van der Waals surface area (Å²) >= 11 is 0. The van der Waals surface area contributed by atoms with E-state index in [9.17, 15) is 19.5 Å². The summed E-state index contributed by atoms with van der Waals surface area (Å²) in [6.45, 7) is 5.53. The molecular formula is C31H38ClN3O5. The normalized spacial score (nSPS) is 13.8. The van der Waals surface area contributed by atoms with E-state index < -0.39 is 11.7 Å². The second kappa shape index (κ2) is 15.2. The molecular weight excluding hydrogens is 530 g/mol. The molecule has 0 spiro atoms. The van der Waals surface area contributed by atoms with Crippen molar-refractivity contribution in [2.75, 3.05) is 13.2 Å². The van der Waals surface area contributed by atoms with Crippen LogP contribution in [0.3, 0.4) is 0 Å². The minimum Gasteiger partial charge on any atom is -0.444 e. The number of carbonyl (C=O) groups is 3. The Morgan fingerprint density at radius 2 is 1.30 bits per heavy atom. The van der Waals surface area contributed by atoms with Crippen LogP contribution in [0.25, 0.3) is 0 Å². The fraction of sp³-hybridized carbons (Fsp3) is 0.323. The number of amides is 3. The molecule has 0 aliphatic carbocycles. The molecule has 8 nitrogen and oxygen atoms in total. The Balaban J connectivity index is 0.000000277. The van der Waals surface area contributed by atoms with E-state index in [2.05, 4.69) is 5.32 Å². The van der Waals surface area contributed by atoms with E-state index >= 15 is 0 Å². The van der Waals surface area contributed by atoms with Crippen molar-refractivity contribution >= 4 is 30.3 Å². The van der Waals surface area contributed by atoms with Crippen molar-refractivity contribution in [2.45, 2.75) is 51.3 Å². The van der Waals surface area contributed by atoms with Crippen molar-refractivity contribution < 1.29 is 24.2 Å². The van der Waals surface area contributed by atoms with Crippen LogP contribution in [0, 0.1) is 0 Å². The van der Waals surface area contributed by atoms with E-state index in [1.54, 1.807) is 45.0 Å². The van der Waals surface area contributed by atoms with Gasteiger partial charge in [0.25, 0.3) is 11.8 Å². The number of nitrogens with zero attached hydrogens (tertiary/aromatic N) is 1. The molecule has 0 aromatic heterocycles. The quantitative estimate of drug-likeness (QED) is 0.347. The number of halogens is 1. The molecule has 2 atom stereocenters. The van der Waals surface area contributed by atoms with Gasteiger partial charge in [-0.05, 0) is 56.9 Å². The van der Waals surface area contributed by atoms with Crippen LogP contribution in [-0.2, 0) is 17.6 Å². The standard InChI is InChI=1S/C17H16N2O2.C14H21NO3.ClH/c18-13(10-12-6-2-1-3-7-12)11-19-16(20)14-8-4-5-9-15(14)17(19)21;1-14(2,3)18-13(17)15-12(10-16)9-11-7-5-4-6-8-11;/h1-9,13H,10-11,18H2;4-8,12,16H,9-10H2,1-3H3,(H,15,17);1H/t13-;12-;/m11./s1. The Morgan fingerprint density at radius 1 is 0.850 bits per heavy atom. The number of benzene rings is 3. The lowest BCUT2D eigenvalue weighted by Gasteiger charge is -2.22. The fourth-order valence-corrected chi connectivity index (χ4v) is 4.15. The van der Waals surface area contributed by atoms with Crippen LogP contribution in [0.4, 0.5) is 4.79 Å². The first-order valence-corrected chi connectivity index (χ1v) is 13.0. The smallest absolute Gasteiger partial charge is 0.407 e. The van der Waals surface area contributed by atoms with Gasteiger partial charge < -0.3 is 20.9 Å². The summed E-state index contributed by atoms with van der Waals surface area (Å²) in [4.78, 5) is 37.3. The summed E-state index contributed by atoms with van der Waals surface area (Å²) in [5.74, 6) is -0.502. The van der Waals surface area contributed by atoms with E-state index in [4.69, 9.17) is 10.5 Å². The van der Waals surface area contributed by atoms with Crippen LogP contribution >= 0.6 is 12.4 Å². The molecule has 4 N–H and O–H groups in total. The maximum atomic E-state index is 12.2. The highest BCUT2D eigenvalue weighted by Crippen LogP contribution is 2.22. The molecule has 3 aromatic carbocycles. The maximum absolute atomic E-state index is 12.2. The van der Waals surface area contributed by atoms with Gasteiger partial charge in [0.05, 0.1) is 23.8 Å². The van der Waals surface area contributed by atoms with Crippen LogP contribution in [0.1, 0.15) is 52.6 Å². The number of hydrogen-bond acceptors (Lipinski definition) is 6. The summed E-state index contributed by atoms with van der Waals surface area (Å²) in [7, 11) is 0. The summed E-state index contributed by atoms with van der Waals surface area (Å²) in [6.07, 6.45) is 0.711. The molecule has 9 heteroatoms. The Bertz CT molecular complexity index is 1210. The third-order valence-electron chi connectivity index (χ3n) is 5.90. The topological polar surface area (TPSA) is 122 Å². The molecule has 0 bridgehead atoms. The number of imide groups is 1. The van der Waals surface area contributed by atoms with Gasteiger partial charge in [0.15, 0.2) is 0 Å². The van der Waals surface area contributed by atoms with Crippen LogP contribution in [0.5, 0.6) is 0 Å². The Kier molecular flexibility index (Phi) is 12.3. The molecule has 1 aliphatic rings. The maximum Gasteiger partial charge on any atom is 0.407 e. The molecule has 0 fully saturated rings. The van der Waals surface area contributed by atoms with Gasteiger partial charge in [0, 0.05) is 12.6 Å². The van der Waals surface area contributed by atoms with Gasteiger partial charge in [-0.3, -0.25) is 14.5 Å². The highest BCUT2D eigenvalue weighted by molar-refractivity contribution is 6.21. The number of fused-ring (bicyclic) bond motifs is 1. The predicted molar refractivity (Wildman–Crippen MR) is 158 cm³/mol. The lowest BCUT2D eigenvalue weighted by atomic mass is 10.1. The van der Waals surface area contributed by atoms with Crippen LogP contribution < -0.4 is 11.1 Å². The number of hydrogen-bond donors (Lipinski definition) is 3. The van der Waals surface area contributed by atoms with Crippen molar-refractivity contribution in [3.05, 3.63) is 107 Å². The average molecular weight is 568 g/mol. The fourth-order valence-electron chi connectivity index (χ4n) is 4.15. The van der Waals surface area contributed by atoms with E-state index in [-0.39, 0.29) is 49.5 Å². The monoisotopic (exact) mass is 567 g/mol. The number of nitrogens with one attached hydrogen (secondary N) is 1. The SMILES string of the molecule is CC(C)(C)OC(=O)N[C@@H](CO)Cc1ccccc1.Cl.N[C@H](Cc1ccccc1)CN1C(=O)c2ccccc2C1=O. The van der Waals surface area contributed by atoms with Gasteiger partial charge in [-0.1, -0.05) is 72.8 Å². The molecule has 0 unspecified atom stereocenters. The van der Waals surface area contributed by atoms with E-state index in [1.165, 1.54) is 4.90 Å². The first-order valence-electron chi connectivity index (χ1n) is 13.0. The summed E-state index contributed by atoms with van der Waals surface area (Å²) in [5, 5.41) is 11.9. The predicted octanol–water partition coefficient (Wildman–Crippen LogP) is 4.39. The van der Waals surface area contributed by atoms with Gasteiger partial charge in [0.2, 0.25) is 0 Å². The van der Waals surface area contributed by atoms with Gasteiger partial charge >= 0.3 is 6.09 Å². The van der Waals surface area contributed by atoms with Crippen molar-refractivity contribution in [1.82, 2.24) is 10.2 Å². The van der Waals surface area contributed by atoms with Gasteiger partial charge in [-0.15, -0.1) is 12.4 Å². The van der Waals surface area contributed by atoms with E-state index in [0.717, 1.165) is 11.1 Å². The molecule has 1 heterocycles. The van der Waals surface area contributed by atoms with Gasteiger partial charge in [-0.2, -0.15) is 0 Å². The largest absolute Gasteiger partial charge is 0.444 e. The Hall–Kier alpha value is -3.72. The second-order valence-corrected chi connectivity index (χ2v) is 10.4.